The van der Waals surface area contributed by atoms with Gasteiger partial charge in [0.1, 0.15) is 11.2 Å². The number of carbonyl (C=O) groups is 2. The molecule has 5 heteroatoms. The van der Waals surface area contributed by atoms with Gasteiger partial charge in [-0.25, -0.2) is 4.39 Å². The maximum atomic E-state index is 13.7. The largest absolute Gasteiger partial charge is 0.355 e. The molecule has 0 atom stereocenters. The van der Waals surface area contributed by atoms with Gasteiger partial charge in [-0.05, 0) is 50.3 Å². The highest BCUT2D eigenvalue weighted by Crippen LogP contribution is 2.48. The molecular formula is C23H27FN2O2. The van der Waals surface area contributed by atoms with E-state index in [2.05, 4.69) is 5.32 Å². The second-order valence-electron chi connectivity index (χ2n) is 7.69. The van der Waals surface area contributed by atoms with Gasteiger partial charge in [-0.15, -0.1) is 0 Å². The van der Waals surface area contributed by atoms with Crippen LogP contribution in [0.4, 0.5) is 4.39 Å². The van der Waals surface area contributed by atoms with Crippen LogP contribution in [0.3, 0.4) is 0 Å². The Kier molecular flexibility index (Phi) is 6.12. The number of hydrogen-bond acceptors (Lipinski definition) is 2. The van der Waals surface area contributed by atoms with Crippen LogP contribution in [-0.4, -0.2) is 29.3 Å². The van der Waals surface area contributed by atoms with Crippen molar-refractivity contribution < 1.29 is 14.0 Å². The Morgan fingerprint density at radius 2 is 1.71 bits per heavy atom. The lowest BCUT2D eigenvalue weighted by molar-refractivity contribution is -0.146. The van der Waals surface area contributed by atoms with Gasteiger partial charge in [0.05, 0.1) is 0 Å². The number of hydrogen-bond donors (Lipinski definition) is 1. The average Bonchev–Trinajstić information content (AvgIpc) is 3.50. The molecule has 0 saturated heterocycles. The molecule has 28 heavy (non-hydrogen) atoms. The minimum Gasteiger partial charge on any atom is -0.355 e. The predicted molar refractivity (Wildman–Crippen MR) is 107 cm³/mol. The van der Waals surface area contributed by atoms with Crippen LogP contribution >= 0.6 is 0 Å². The van der Waals surface area contributed by atoms with Crippen molar-refractivity contribution in [2.75, 3.05) is 6.54 Å². The molecule has 2 aromatic rings. The molecule has 4 nitrogen and oxygen atoms in total. The van der Waals surface area contributed by atoms with Gasteiger partial charge in [-0.2, -0.15) is 0 Å². The lowest BCUT2D eigenvalue weighted by Crippen LogP contribution is -2.47. The number of amides is 2. The normalized spacial score (nSPS) is 14.6. The zero-order valence-corrected chi connectivity index (χ0v) is 16.5. The van der Waals surface area contributed by atoms with E-state index in [1.165, 1.54) is 6.07 Å². The molecule has 0 radical (unpaired) electrons. The Bertz CT molecular complexity index is 832. The second kappa shape index (κ2) is 8.55. The fraction of sp³-hybridized carbons (Fsp3) is 0.391. The molecule has 0 aliphatic heterocycles. The van der Waals surface area contributed by atoms with Gasteiger partial charge in [-0.3, -0.25) is 9.59 Å². The third-order valence-corrected chi connectivity index (χ3v) is 5.31. The monoisotopic (exact) mass is 382 g/mol. The average molecular weight is 382 g/mol. The molecule has 1 saturated carbocycles. The fourth-order valence-electron chi connectivity index (χ4n) is 3.39. The van der Waals surface area contributed by atoms with Crippen molar-refractivity contribution in [1.29, 1.82) is 0 Å². The molecule has 1 aliphatic rings. The van der Waals surface area contributed by atoms with Gasteiger partial charge < -0.3 is 10.2 Å². The van der Waals surface area contributed by atoms with Crippen LogP contribution in [0.15, 0.2) is 54.6 Å². The first kappa shape index (κ1) is 20.1. The van der Waals surface area contributed by atoms with Gasteiger partial charge in [0.25, 0.3) is 0 Å². The van der Waals surface area contributed by atoms with Crippen molar-refractivity contribution in [1.82, 2.24) is 10.2 Å². The van der Waals surface area contributed by atoms with Gasteiger partial charge in [0.2, 0.25) is 11.8 Å². The lowest BCUT2D eigenvalue weighted by Gasteiger charge is -2.30. The van der Waals surface area contributed by atoms with Gasteiger partial charge in [0.15, 0.2) is 0 Å². The maximum Gasteiger partial charge on any atom is 0.238 e. The summed E-state index contributed by atoms with van der Waals surface area (Å²) < 4.78 is 13.7. The Morgan fingerprint density at radius 1 is 1.07 bits per heavy atom. The summed E-state index contributed by atoms with van der Waals surface area (Å²) in [6, 6.07) is 16.3. The van der Waals surface area contributed by atoms with E-state index in [0.717, 1.165) is 5.56 Å². The van der Waals surface area contributed by atoms with Crippen molar-refractivity contribution in [3.05, 3.63) is 71.5 Å². The van der Waals surface area contributed by atoms with E-state index < -0.39 is 5.41 Å². The number of nitrogens with zero attached hydrogens (tertiary/aromatic N) is 1. The van der Waals surface area contributed by atoms with E-state index in [1.54, 1.807) is 23.1 Å². The smallest absolute Gasteiger partial charge is 0.238 e. The van der Waals surface area contributed by atoms with Crippen LogP contribution in [0.1, 0.15) is 37.8 Å². The summed E-state index contributed by atoms with van der Waals surface area (Å²) in [5.41, 5.74) is 0.640. The highest BCUT2D eigenvalue weighted by atomic mass is 19.1. The number of benzene rings is 2. The Balaban J connectivity index is 1.62. The summed E-state index contributed by atoms with van der Waals surface area (Å²) in [7, 11) is 0. The van der Waals surface area contributed by atoms with Crippen LogP contribution in [0.5, 0.6) is 0 Å². The van der Waals surface area contributed by atoms with E-state index in [4.69, 9.17) is 0 Å². The number of carbonyl (C=O) groups excluding carboxylic acids is 2. The zero-order valence-electron chi connectivity index (χ0n) is 16.5. The van der Waals surface area contributed by atoms with E-state index in [9.17, 15) is 14.0 Å². The van der Waals surface area contributed by atoms with Crippen molar-refractivity contribution in [3.8, 4) is 0 Å². The minimum atomic E-state index is -0.964. The first-order valence-corrected chi connectivity index (χ1v) is 9.81. The summed E-state index contributed by atoms with van der Waals surface area (Å²) >= 11 is 0. The van der Waals surface area contributed by atoms with Crippen molar-refractivity contribution >= 4 is 11.8 Å². The molecule has 0 bridgehead atoms. The Hall–Kier alpha value is -2.69. The van der Waals surface area contributed by atoms with Gasteiger partial charge in [0, 0.05) is 19.1 Å². The second-order valence-corrected chi connectivity index (χ2v) is 7.69. The van der Waals surface area contributed by atoms with E-state index in [0.29, 0.717) is 37.9 Å². The molecule has 0 heterocycles. The maximum absolute atomic E-state index is 13.7. The first-order valence-electron chi connectivity index (χ1n) is 9.81. The lowest BCUT2D eigenvalue weighted by atomic mass is 10.0. The highest BCUT2D eigenvalue weighted by molar-refractivity contribution is 6.07. The molecule has 3 rings (SSSR count). The molecule has 0 aromatic heterocycles. The molecular weight excluding hydrogens is 355 g/mol. The summed E-state index contributed by atoms with van der Waals surface area (Å²) in [4.78, 5) is 27.8. The van der Waals surface area contributed by atoms with Crippen molar-refractivity contribution in [2.45, 2.75) is 45.7 Å². The summed E-state index contributed by atoms with van der Waals surface area (Å²) in [5.74, 6) is -0.634. The molecule has 1 N–H and O–H groups in total. The van der Waals surface area contributed by atoms with Crippen LogP contribution in [0, 0.1) is 11.2 Å². The Labute approximate surface area is 165 Å². The van der Waals surface area contributed by atoms with Gasteiger partial charge in [-0.1, -0.05) is 48.5 Å². The van der Waals surface area contributed by atoms with E-state index in [-0.39, 0.29) is 23.7 Å². The van der Waals surface area contributed by atoms with Crippen LogP contribution < -0.4 is 5.32 Å². The Morgan fingerprint density at radius 3 is 2.32 bits per heavy atom. The van der Waals surface area contributed by atoms with Crippen molar-refractivity contribution in [3.63, 3.8) is 0 Å². The van der Waals surface area contributed by atoms with Crippen molar-refractivity contribution in [2.24, 2.45) is 5.41 Å². The third-order valence-electron chi connectivity index (χ3n) is 5.31. The topological polar surface area (TPSA) is 49.4 Å². The quantitative estimate of drug-likeness (QED) is 0.708. The molecule has 2 amide bonds. The van der Waals surface area contributed by atoms with Crippen LogP contribution in [-0.2, 0) is 22.6 Å². The standard InChI is InChI=1S/C23H27FN2O2/c1-17(2)26(16-18-8-4-3-5-9-18)22(28)23(13-14-23)21(27)25-15-12-19-10-6-7-11-20(19)24/h3-11,17H,12-16H2,1-2H3,(H,25,27). The van der Waals surface area contributed by atoms with E-state index in [1.807, 2.05) is 44.2 Å². The minimum absolute atomic E-state index is 0.00334. The molecule has 0 unspecified atom stereocenters. The SMILES string of the molecule is CC(C)N(Cc1ccccc1)C(=O)C1(C(=O)NCCc2ccccc2F)CC1. The van der Waals surface area contributed by atoms with Crippen LogP contribution in [0.25, 0.3) is 0 Å². The van der Waals surface area contributed by atoms with Gasteiger partial charge >= 0.3 is 0 Å². The predicted octanol–water partition coefficient (Wildman–Crippen LogP) is 3.70. The number of halogens is 1. The van der Waals surface area contributed by atoms with E-state index >= 15 is 0 Å². The molecule has 1 fully saturated rings. The third kappa shape index (κ3) is 4.41. The number of rotatable bonds is 8. The molecule has 2 aromatic carbocycles. The number of nitrogens with one attached hydrogen (secondary N) is 1. The summed E-state index contributed by atoms with van der Waals surface area (Å²) in [6.45, 7) is 4.73. The van der Waals surface area contributed by atoms with Crippen LogP contribution in [0.2, 0.25) is 0 Å². The molecule has 1 aliphatic carbocycles. The first-order chi connectivity index (χ1) is 13.4. The summed E-state index contributed by atoms with van der Waals surface area (Å²) in [5, 5.41) is 2.85. The molecule has 0 spiro atoms. The zero-order chi connectivity index (χ0) is 20.1. The fourth-order valence-corrected chi connectivity index (χ4v) is 3.39. The molecule has 148 valence electrons. The summed E-state index contributed by atoms with van der Waals surface area (Å²) in [6.07, 6.45) is 1.53. The highest BCUT2D eigenvalue weighted by Gasteiger charge is 2.58.